The molecule has 0 saturated carbocycles. The first-order chi connectivity index (χ1) is 20.6. The summed E-state index contributed by atoms with van der Waals surface area (Å²) in [6.07, 6.45) is 7.23. The molecule has 3 aliphatic heterocycles. The molecule has 7 rings (SSSR count). The number of nitrogens with one attached hydrogen (secondary N) is 3. The first-order valence-electron chi connectivity index (χ1n) is 15.0. The van der Waals surface area contributed by atoms with Crippen molar-refractivity contribution in [1.82, 2.24) is 30.0 Å². The molecule has 2 fully saturated rings. The maximum Gasteiger partial charge on any atom is 0.233 e. The molecule has 0 radical (unpaired) electrons. The highest BCUT2D eigenvalue weighted by atomic mass is 32.1. The Labute approximate surface area is 251 Å². The Hall–Kier alpha value is -4.25. The third-order valence-electron chi connectivity index (χ3n) is 8.29. The third kappa shape index (κ3) is 5.36. The van der Waals surface area contributed by atoms with E-state index in [1.807, 2.05) is 41.9 Å². The van der Waals surface area contributed by atoms with Crippen LogP contribution in [0, 0.1) is 6.92 Å². The average Bonchev–Trinajstić information content (AvgIpc) is 3.37. The number of piperidine rings is 2. The van der Waals surface area contributed by atoms with Crippen molar-refractivity contribution >= 4 is 46.7 Å². The van der Waals surface area contributed by atoms with Gasteiger partial charge in [-0.2, -0.15) is 20.1 Å². The van der Waals surface area contributed by atoms with Gasteiger partial charge in [0.2, 0.25) is 17.8 Å². The molecule has 0 aliphatic carbocycles. The molecule has 2 aromatic carbocycles. The molecule has 4 aromatic rings. The molecular formula is C31H36N10S. The second-order valence-electron chi connectivity index (χ2n) is 11.2. The molecule has 3 N–H and O–H groups in total. The fraction of sp³-hybridized carbons (Fsp3) is 0.387. The number of thiocarbonyl (C=S) groups is 1. The number of aromatic nitrogens is 5. The number of aryl methyl sites for hydroxylation is 1. The molecule has 0 spiro atoms. The van der Waals surface area contributed by atoms with Crippen molar-refractivity contribution in [3.63, 3.8) is 0 Å². The zero-order valence-electron chi connectivity index (χ0n) is 23.9. The van der Waals surface area contributed by atoms with Crippen molar-refractivity contribution in [3.05, 3.63) is 71.4 Å². The van der Waals surface area contributed by atoms with E-state index in [1.54, 1.807) is 0 Å². The average molecular weight is 581 g/mol. The number of rotatable bonds is 6. The molecule has 1 atom stereocenters. The van der Waals surface area contributed by atoms with Crippen LogP contribution in [-0.2, 0) is 0 Å². The number of fused-ring (bicyclic) bond motifs is 1. The highest BCUT2D eigenvalue weighted by Crippen LogP contribution is 2.36. The molecule has 42 heavy (non-hydrogen) atoms. The highest BCUT2D eigenvalue weighted by molar-refractivity contribution is 7.80. The molecule has 1 unspecified atom stereocenters. The van der Waals surface area contributed by atoms with E-state index >= 15 is 0 Å². The summed E-state index contributed by atoms with van der Waals surface area (Å²) in [7, 11) is 0. The van der Waals surface area contributed by atoms with Crippen LogP contribution in [0.5, 0.6) is 0 Å². The Morgan fingerprint density at radius 1 is 0.786 bits per heavy atom. The van der Waals surface area contributed by atoms with Crippen LogP contribution in [0.1, 0.15) is 61.4 Å². The summed E-state index contributed by atoms with van der Waals surface area (Å²) in [5.74, 6) is 3.01. The van der Waals surface area contributed by atoms with Crippen LogP contribution in [-0.4, -0.2) is 56.0 Å². The van der Waals surface area contributed by atoms with E-state index in [1.165, 1.54) is 38.5 Å². The lowest BCUT2D eigenvalue weighted by Crippen LogP contribution is -2.38. The Bertz CT molecular complexity index is 1520. The van der Waals surface area contributed by atoms with Crippen LogP contribution in [0.15, 0.2) is 54.6 Å². The fourth-order valence-corrected chi connectivity index (χ4v) is 6.34. The molecule has 10 nitrogen and oxygen atoms in total. The quantitative estimate of drug-likeness (QED) is 0.254. The van der Waals surface area contributed by atoms with E-state index in [4.69, 9.17) is 32.3 Å². The van der Waals surface area contributed by atoms with Gasteiger partial charge < -0.3 is 25.8 Å². The lowest BCUT2D eigenvalue weighted by molar-refractivity contribution is 0.556. The monoisotopic (exact) mass is 580 g/mol. The Kier molecular flexibility index (Phi) is 7.33. The lowest BCUT2D eigenvalue weighted by Gasteiger charge is -2.30. The van der Waals surface area contributed by atoms with Crippen LogP contribution in [0.4, 0.5) is 29.4 Å². The van der Waals surface area contributed by atoms with E-state index in [9.17, 15) is 0 Å². The van der Waals surface area contributed by atoms with Crippen molar-refractivity contribution in [2.75, 3.05) is 46.6 Å². The molecule has 0 amide bonds. The zero-order chi connectivity index (χ0) is 28.5. The van der Waals surface area contributed by atoms with Crippen LogP contribution in [0.3, 0.4) is 0 Å². The molecule has 2 saturated heterocycles. The number of nitrogens with zero attached hydrogens (tertiary/aromatic N) is 7. The molecule has 3 aliphatic rings. The lowest BCUT2D eigenvalue weighted by atomic mass is 9.97. The van der Waals surface area contributed by atoms with Crippen molar-refractivity contribution in [3.8, 4) is 5.69 Å². The van der Waals surface area contributed by atoms with Crippen LogP contribution < -0.4 is 25.8 Å². The predicted molar refractivity (Wildman–Crippen MR) is 171 cm³/mol. The van der Waals surface area contributed by atoms with E-state index in [-0.39, 0.29) is 6.04 Å². The Morgan fingerprint density at radius 2 is 1.40 bits per heavy atom. The molecule has 0 bridgehead atoms. The van der Waals surface area contributed by atoms with Gasteiger partial charge in [-0.3, -0.25) is 0 Å². The van der Waals surface area contributed by atoms with Gasteiger partial charge in [0.05, 0.1) is 17.4 Å². The van der Waals surface area contributed by atoms with E-state index in [0.717, 1.165) is 72.1 Å². The van der Waals surface area contributed by atoms with E-state index < -0.39 is 0 Å². The summed E-state index contributed by atoms with van der Waals surface area (Å²) in [4.78, 5) is 19.2. The largest absolute Gasteiger partial charge is 0.351 e. The number of hydrogen-bond acceptors (Lipinski definition) is 8. The molecule has 216 valence electrons. The van der Waals surface area contributed by atoms with Crippen molar-refractivity contribution in [1.29, 1.82) is 0 Å². The van der Waals surface area contributed by atoms with Gasteiger partial charge in [0.25, 0.3) is 0 Å². The Balaban J connectivity index is 1.16. The fourth-order valence-electron chi connectivity index (χ4n) is 6.13. The van der Waals surface area contributed by atoms with Crippen LogP contribution >= 0.6 is 12.2 Å². The molecular weight excluding hydrogens is 544 g/mol. The number of benzene rings is 2. The minimum atomic E-state index is -0.0586. The van der Waals surface area contributed by atoms with Gasteiger partial charge in [-0.05, 0) is 87.5 Å². The first kappa shape index (κ1) is 26.6. The number of anilines is 5. The minimum Gasteiger partial charge on any atom is -0.351 e. The maximum absolute atomic E-state index is 5.59. The van der Waals surface area contributed by atoms with Gasteiger partial charge in [0.15, 0.2) is 5.11 Å². The van der Waals surface area contributed by atoms with Gasteiger partial charge in [-0.1, -0.05) is 30.3 Å². The third-order valence-corrected chi connectivity index (χ3v) is 8.51. The topological polar surface area (TPSA) is 99.1 Å². The molecule has 2 aromatic heterocycles. The number of hydrogen-bond donors (Lipinski definition) is 3. The van der Waals surface area contributed by atoms with Gasteiger partial charge in [0.1, 0.15) is 5.82 Å². The van der Waals surface area contributed by atoms with Crippen molar-refractivity contribution in [2.45, 2.75) is 51.5 Å². The summed E-state index contributed by atoms with van der Waals surface area (Å²) >= 11 is 5.59. The van der Waals surface area contributed by atoms with Gasteiger partial charge in [-0.15, -0.1) is 0 Å². The maximum atomic E-state index is 5.59. The van der Waals surface area contributed by atoms with Crippen molar-refractivity contribution < 1.29 is 0 Å². The normalized spacial score (nSPS) is 18.7. The van der Waals surface area contributed by atoms with Crippen molar-refractivity contribution in [2.24, 2.45) is 0 Å². The second kappa shape index (κ2) is 11.6. The summed E-state index contributed by atoms with van der Waals surface area (Å²) in [6, 6.07) is 18.5. The van der Waals surface area contributed by atoms with E-state index in [2.05, 4.69) is 50.0 Å². The molecule has 11 heteroatoms. The SMILES string of the molecule is Cc1nn(-c2ccc(Nc3nc(N4CCCCC4)nc(N4CCCCC4)n3)cc2)c2c1C(c1ccccc1)NC(=S)N2. The van der Waals surface area contributed by atoms with E-state index in [0.29, 0.717) is 11.1 Å². The summed E-state index contributed by atoms with van der Waals surface area (Å²) in [5, 5.41) is 15.7. The summed E-state index contributed by atoms with van der Waals surface area (Å²) in [5.41, 5.74) is 5.04. The summed E-state index contributed by atoms with van der Waals surface area (Å²) < 4.78 is 1.93. The minimum absolute atomic E-state index is 0.0586. The predicted octanol–water partition coefficient (Wildman–Crippen LogP) is 5.48. The van der Waals surface area contributed by atoms with Crippen LogP contribution in [0.2, 0.25) is 0 Å². The van der Waals surface area contributed by atoms with Gasteiger partial charge in [-0.25, -0.2) is 4.68 Å². The van der Waals surface area contributed by atoms with Gasteiger partial charge in [0, 0.05) is 37.4 Å². The smallest absolute Gasteiger partial charge is 0.233 e. The summed E-state index contributed by atoms with van der Waals surface area (Å²) in [6.45, 7) is 6.00. The second-order valence-corrected chi connectivity index (χ2v) is 11.6. The first-order valence-corrected chi connectivity index (χ1v) is 15.4. The molecule has 5 heterocycles. The van der Waals surface area contributed by atoms with Crippen LogP contribution in [0.25, 0.3) is 5.69 Å². The van der Waals surface area contributed by atoms with Gasteiger partial charge >= 0.3 is 0 Å². The Morgan fingerprint density at radius 3 is 2.02 bits per heavy atom. The standard InChI is InChI=1S/C31H36N10S/c1-21-25-26(22-11-5-2-6-12-22)33-31(42)34-27(25)41(38-21)24-15-13-23(14-16-24)32-28-35-29(39-17-7-3-8-18-39)37-30(36-28)40-19-9-4-10-20-40/h2,5-6,11-16,26H,3-4,7-10,17-20H2,1H3,(H2,33,34,42)(H,32,35,36,37). The highest BCUT2D eigenvalue weighted by Gasteiger charge is 2.30. The zero-order valence-corrected chi connectivity index (χ0v) is 24.7.